The van der Waals surface area contributed by atoms with E-state index in [9.17, 15) is 4.79 Å². The van der Waals surface area contributed by atoms with Crippen molar-refractivity contribution in [3.63, 3.8) is 0 Å². The maximum Gasteiger partial charge on any atom is 0.339 e. The van der Waals surface area contributed by atoms with Crippen molar-refractivity contribution in [2.45, 2.75) is 20.8 Å². The van der Waals surface area contributed by atoms with Crippen LogP contribution in [0.15, 0.2) is 16.7 Å². The maximum absolute atomic E-state index is 11.0. The van der Waals surface area contributed by atoms with Crippen LogP contribution >= 0.6 is 0 Å². The average molecular weight is 204 g/mol. The number of carboxylic acid groups (broad SMARTS) is 1. The SMILES string of the molecule is Cc1cc(C)c2c(C(=O)O)coc2c1C. The van der Waals surface area contributed by atoms with Crippen LogP contribution in [0.4, 0.5) is 0 Å². The lowest BCUT2D eigenvalue weighted by molar-refractivity contribution is 0.0698. The van der Waals surface area contributed by atoms with Gasteiger partial charge < -0.3 is 9.52 Å². The van der Waals surface area contributed by atoms with Crippen LogP contribution in [0.2, 0.25) is 0 Å². The Morgan fingerprint density at radius 2 is 1.93 bits per heavy atom. The molecule has 2 rings (SSSR count). The second-order valence-electron chi connectivity index (χ2n) is 3.79. The topological polar surface area (TPSA) is 50.4 Å². The van der Waals surface area contributed by atoms with E-state index in [0.29, 0.717) is 11.0 Å². The summed E-state index contributed by atoms with van der Waals surface area (Å²) in [5, 5.41) is 9.71. The Balaban J connectivity index is 2.93. The summed E-state index contributed by atoms with van der Waals surface area (Å²) in [5.41, 5.74) is 3.99. The number of hydrogen-bond donors (Lipinski definition) is 1. The van der Waals surface area contributed by atoms with Crippen LogP contribution in [-0.2, 0) is 0 Å². The molecule has 0 saturated heterocycles. The summed E-state index contributed by atoms with van der Waals surface area (Å²) in [6.45, 7) is 5.83. The van der Waals surface area contributed by atoms with Gasteiger partial charge in [-0.1, -0.05) is 6.07 Å². The van der Waals surface area contributed by atoms with Gasteiger partial charge in [-0.2, -0.15) is 0 Å². The van der Waals surface area contributed by atoms with Crippen LogP contribution < -0.4 is 0 Å². The van der Waals surface area contributed by atoms with Gasteiger partial charge >= 0.3 is 5.97 Å². The first-order valence-corrected chi connectivity index (χ1v) is 4.73. The third-order valence-electron chi connectivity index (χ3n) is 2.78. The molecule has 2 aromatic rings. The van der Waals surface area contributed by atoms with Crippen LogP contribution in [0.5, 0.6) is 0 Å². The lowest BCUT2D eigenvalue weighted by Gasteiger charge is -2.04. The normalized spacial score (nSPS) is 10.9. The minimum atomic E-state index is -0.944. The fourth-order valence-corrected chi connectivity index (χ4v) is 1.87. The summed E-state index contributed by atoms with van der Waals surface area (Å²) in [5.74, 6) is -0.944. The number of rotatable bonds is 1. The van der Waals surface area contributed by atoms with E-state index in [2.05, 4.69) is 0 Å². The van der Waals surface area contributed by atoms with Gasteiger partial charge in [-0.05, 0) is 37.5 Å². The van der Waals surface area contributed by atoms with Gasteiger partial charge in [0.2, 0.25) is 0 Å². The number of aryl methyl sites for hydroxylation is 3. The molecule has 0 bridgehead atoms. The predicted octanol–water partition coefficient (Wildman–Crippen LogP) is 3.06. The molecular weight excluding hydrogens is 192 g/mol. The largest absolute Gasteiger partial charge is 0.478 e. The summed E-state index contributed by atoms with van der Waals surface area (Å²) in [6.07, 6.45) is 1.31. The molecule has 0 fully saturated rings. The number of carboxylic acids is 1. The molecule has 0 atom stereocenters. The summed E-state index contributed by atoms with van der Waals surface area (Å²) in [7, 11) is 0. The molecule has 0 aliphatic rings. The molecule has 0 unspecified atom stereocenters. The van der Waals surface area contributed by atoms with Crippen LogP contribution in [-0.4, -0.2) is 11.1 Å². The van der Waals surface area contributed by atoms with Crippen molar-refractivity contribution >= 4 is 16.9 Å². The van der Waals surface area contributed by atoms with Gasteiger partial charge in [0.1, 0.15) is 17.4 Å². The van der Waals surface area contributed by atoms with E-state index in [1.807, 2.05) is 26.8 Å². The smallest absolute Gasteiger partial charge is 0.339 e. The molecule has 3 nitrogen and oxygen atoms in total. The first kappa shape index (κ1) is 9.77. The van der Waals surface area contributed by atoms with E-state index in [1.54, 1.807) is 0 Å². The van der Waals surface area contributed by atoms with E-state index in [0.717, 1.165) is 16.7 Å². The molecule has 1 aromatic heterocycles. The van der Waals surface area contributed by atoms with Crippen LogP contribution in [0.25, 0.3) is 11.0 Å². The lowest BCUT2D eigenvalue weighted by atomic mass is 10.0. The number of benzene rings is 1. The highest BCUT2D eigenvalue weighted by molar-refractivity contribution is 6.04. The molecular formula is C12H12O3. The Kier molecular flexibility index (Phi) is 2.03. The zero-order chi connectivity index (χ0) is 11.2. The highest BCUT2D eigenvalue weighted by Crippen LogP contribution is 2.29. The molecule has 0 amide bonds. The molecule has 0 saturated carbocycles. The third kappa shape index (κ3) is 1.31. The maximum atomic E-state index is 11.0. The van der Waals surface area contributed by atoms with Crippen molar-refractivity contribution in [3.05, 3.63) is 34.6 Å². The summed E-state index contributed by atoms with van der Waals surface area (Å²) < 4.78 is 5.32. The number of furan rings is 1. The molecule has 3 heteroatoms. The molecule has 78 valence electrons. The summed E-state index contributed by atoms with van der Waals surface area (Å²) in [6, 6.07) is 1.99. The molecule has 1 heterocycles. The first-order valence-electron chi connectivity index (χ1n) is 4.73. The van der Waals surface area contributed by atoms with Crippen molar-refractivity contribution in [1.29, 1.82) is 0 Å². The number of aromatic carboxylic acids is 1. The molecule has 0 spiro atoms. The number of fused-ring (bicyclic) bond motifs is 1. The van der Waals surface area contributed by atoms with Gasteiger partial charge in [-0.15, -0.1) is 0 Å². The Bertz CT molecular complexity index is 549. The standard InChI is InChI=1S/C12H12O3/c1-6-4-7(2)10-9(12(13)14)5-15-11(10)8(6)3/h4-5H,1-3H3,(H,13,14). The fourth-order valence-electron chi connectivity index (χ4n) is 1.87. The van der Waals surface area contributed by atoms with Gasteiger partial charge in [-0.3, -0.25) is 0 Å². The molecule has 0 radical (unpaired) electrons. The van der Waals surface area contributed by atoms with Crippen LogP contribution in [0.1, 0.15) is 27.0 Å². The van der Waals surface area contributed by atoms with Crippen molar-refractivity contribution in [2.75, 3.05) is 0 Å². The monoisotopic (exact) mass is 204 g/mol. The Morgan fingerprint density at radius 1 is 1.27 bits per heavy atom. The van der Waals surface area contributed by atoms with Gasteiger partial charge in [0.15, 0.2) is 0 Å². The van der Waals surface area contributed by atoms with Gasteiger partial charge in [-0.25, -0.2) is 4.79 Å². The second kappa shape index (κ2) is 3.12. The Labute approximate surface area is 87.3 Å². The molecule has 0 aliphatic carbocycles. The minimum Gasteiger partial charge on any atom is -0.478 e. The summed E-state index contributed by atoms with van der Waals surface area (Å²) >= 11 is 0. The van der Waals surface area contributed by atoms with Crippen molar-refractivity contribution in [1.82, 2.24) is 0 Å². The second-order valence-corrected chi connectivity index (χ2v) is 3.79. The fraction of sp³-hybridized carbons (Fsp3) is 0.250. The molecule has 15 heavy (non-hydrogen) atoms. The lowest BCUT2D eigenvalue weighted by Crippen LogP contribution is -1.95. The predicted molar refractivity (Wildman–Crippen MR) is 57.4 cm³/mol. The molecule has 1 aromatic carbocycles. The third-order valence-corrected chi connectivity index (χ3v) is 2.78. The zero-order valence-corrected chi connectivity index (χ0v) is 8.92. The Morgan fingerprint density at radius 3 is 2.53 bits per heavy atom. The quantitative estimate of drug-likeness (QED) is 0.776. The van der Waals surface area contributed by atoms with Gasteiger partial charge in [0.05, 0.1) is 0 Å². The van der Waals surface area contributed by atoms with Gasteiger partial charge in [0.25, 0.3) is 0 Å². The molecule has 1 N–H and O–H groups in total. The summed E-state index contributed by atoms with van der Waals surface area (Å²) in [4.78, 5) is 11.0. The van der Waals surface area contributed by atoms with Crippen molar-refractivity contribution in [2.24, 2.45) is 0 Å². The Hall–Kier alpha value is -1.77. The van der Waals surface area contributed by atoms with E-state index >= 15 is 0 Å². The van der Waals surface area contributed by atoms with E-state index in [1.165, 1.54) is 6.26 Å². The highest BCUT2D eigenvalue weighted by Gasteiger charge is 2.16. The van der Waals surface area contributed by atoms with Crippen LogP contribution in [0.3, 0.4) is 0 Å². The first-order chi connectivity index (χ1) is 7.02. The van der Waals surface area contributed by atoms with E-state index < -0.39 is 5.97 Å². The van der Waals surface area contributed by atoms with Crippen molar-refractivity contribution in [3.8, 4) is 0 Å². The van der Waals surface area contributed by atoms with E-state index in [4.69, 9.17) is 9.52 Å². The number of carbonyl (C=O) groups is 1. The number of hydrogen-bond acceptors (Lipinski definition) is 2. The van der Waals surface area contributed by atoms with Crippen LogP contribution in [0, 0.1) is 20.8 Å². The molecule has 0 aliphatic heterocycles. The zero-order valence-electron chi connectivity index (χ0n) is 8.92. The van der Waals surface area contributed by atoms with E-state index in [-0.39, 0.29) is 5.56 Å². The van der Waals surface area contributed by atoms with Gasteiger partial charge in [0, 0.05) is 5.39 Å². The highest BCUT2D eigenvalue weighted by atomic mass is 16.4. The minimum absolute atomic E-state index is 0.241. The van der Waals surface area contributed by atoms with Crippen molar-refractivity contribution < 1.29 is 14.3 Å². The average Bonchev–Trinajstić information content (AvgIpc) is 2.58.